The molecular weight excluding hydrogens is 431 g/mol. The molecule has 2 aromatic carbocycles. The van der Waals surface area contributed by atoms with Crippen molar-refractivity contribution in [1.29, 1.82) is 0 Å². The fraction of sp³-hybridized carbons (Fsp3) is 0.130. The van der Waals surface area contributed by atoms with Crippen molar-refractivity contribution in [3.05, 3.63) is 93.4 Å². The largest absolute Gasteiger partial charge is 0.480 e. The van der Waals surface area contributed by atoms with Crippen LogP contribution in [0.15, 0.2) is 76.8 Å². The zero-order valence-electron chi connectivity index (χ0n) is 16.4. The molecule has 2 aromatic heterocycles. The summed E-state index contributed by atoms with van der Waals surface area (Å²) in [7, 11) is 0. The lowest BCUT2D eigenvalue weighted by Gasteiger charge is -2.38. The van der Waals surface area contributed by atoms with E-state index in [4.69, 9.17) is 9.84 Å². The zero-order chi connectivity index (χ0) is 20.9. The lowest BCUT2D eigenvalue weighted by Crippen LogP contribution is -2.32. The minimum Gasteiger partial charge on any atom is -0.480 e. The van der Waals surface area contributed by atoms with Crippen molar-refractivity contribution in [1.82, 2.24) is 14.8 Å². The first-order chi connectivity index (χ1) is 15.2. The van der Waals surface area contributed by atoms with Crippen LogP contribution in [-0.2, 0) is 0 Å². The molecule has 0 radical (unpaired) electrons. The summed E-state index contributed by atoms with van der Waals surface area (Å²) in [6.07, 6.45) is 1.36. The van der Waals surface area contributed by atoms with E-state index in [1.807, 2.05) is 52.7 Å². The Hall–Kier alpha value is -3.10. The van der Waals surface area contributed by atoms with E-state index < -0.39 is 6.10 Å². The summed E-state index contributed by atoms with van der Waals surface area (Å²) in [5.41, 5.74) is 3.27. The second kappa shape index (κ2) is 7.25. The van der Waals surface area contributed by atoms with E-state index in [1.54, 1.807) is 23.5 Å². The second-order valence-electron chi connectivity index (χ2n) is 7.26. The first-order valence-corrected chi connectivity index (χ1v) is 11.9. The smallest absolute Gasteiger partial charge is 0.227 e. The lowest BCUT2D eigenvalue weighted by molar-refractivity contribution is 0.218. The van der Waals surface area contributed by atoms with Crippen molar-refractivity contribution in [3.8, 4) is 5.75 Å². The van der Waals surface area contributed by atoms with Gasteiger partial charge in [-0.05, 0) is 35.9 Å². The number of nitrogens with one attached hydrogen (secondary N) is 1. The van der Waals surface area contributed by atoms with Gasteiger partial charge in [0.05, 0.1) is 5.70 Å². The zero-order valence-corrected chi connectivity index (χ0v) is 18.1. The highest BCUT2D eigenvalue weighted by Gasteiger charge is 2.42. The van der Waals surface area contributed by atoms with Gasteiger partial charge < -0.3 is 10.1 Å². The number of thiophene rings is 1. The number of para-hydroxylation sites is 1. The van der Waals surface area contributed by atoms with Crippen LogP contribution < -0.4 is 10.1 Å². The van der Waals surface area contributed by atoms with Gasteiger partial charge in [0.15, 0.2) is 6.10 Å². The molecule has 5 nitrogen and oxygen atoms in total. The summed E-state index contributed by atoms with van der Waals surface area (Å²) in [5, 5.41) is 10.9. The average Bonchev–Trinajstić information content (AvgIpc) is 3.47. The molecule has 0 spiro atoms. The molecule has 0 saturated heterocycles. The molecular formula is C23H17FN4OS2. The minimum absolute atomic E-state index is 0.252. The molecule has 0 unspecified atom stereocenters. The summed E-state index contributed by atoms with van der Waals surface area (Å²) >= 11 is 3.13. The highest BCUT2D eigenvalue weighted by molar-refractivity contribution is 7.98. The fourth-order valence-corrected chi connectivity index (χ4v) is 5.39. The molecule has 2 aliphatic heterocycles. The molecule has 0 amide bonds. The third-order valence-electron chi connectivity index (χ3n) is 5.54. The number of rotatable bonds is 3. The Labute approximate surface area is 186 Å². The van der Waals surface area contributed by atoms with Gasteiger partial charge in [-0.1, -0.05) is 48.2 Å². The van der Waals surface area contributed by atoms with Crippen molar-refractivity contribution in [3.63, 3.8) is 0 Å². The first-order valence-electron chi connectivity index (χ1n) is 9.80. The van der Waals surface area contributed by atoms with Gasteiger partial charge in [-0.3, -0.25) is 0 Å². The molecule has 8 heteroatoms. The minimum atomic E-state index is -0.597. The molecule has 0 bridgehead atoms. The van der Waals surface area contributed by atoms with E-state index in [2.05, 4.69) is 16.4 Å². The van der Waals surface area contributed by atoms with E-state index >= 15 is 0 Å². The number of benzene rings is 2. The summed E-state index contributed by atoms with van der Waals surface area (Å²) < 4.78 is 23.3. The van der Waals surface area contributed by atoms with Crippen molar-refractivity contribution in [2.75, 3.05) is 11.6 Å². The Kier molecular flexibility index (Phi) is 4.36. The summed E-state index contributed by atoms with van der Waals surface area (Å²) in [6, 6.07) is 18.5. The molecule has 0 fully saturated rings. The third-order valence-corrected chi connectivity index (χ3v) is 7.01. The van der Waals surface area contributed by atoms with Crippen LogP contribution in [0.1, 0.15) is 28.1 Å². The van der Waals surface area contributed by atoms with Gasteiger partial charge in [-0.25, -0.2) is 9.07 Å². The monoisotopic (exact) mass is 448 g/mol. The Morgan fingerprint density at radius 2 is 1.94 bits per heavy atom. The molecule has 4 heterocycles. The number of ether oxygens (including phenoxy) is 1. The van der Waals surface area contributed by atoms with Gasteiger partial charge in [0, 0.05) is 21.6 Å². The van der Waals surface area contributed by atoms with Gasteiger partial charge in [-0.2, -0.15) is 4.98 Å². The highest BCUT2D eigenvalue weighted by atomic mass is 32.2. The predicted molar refractivity (Wildman–Crippen MR) is 121 cm³/mol. The average molecular weight is 449 g/mol. The Morgan fingerprint density at radius 3 is 2.74 bits per heavy atom. The Morgan fingerprint density at radius 1 is 1.10 bits per heavy atom. The first kappa shape index (κ1) is 18.7. The van der Waals surface area contributed by atoms with Crippen LogP contribution in [0.3, 0.4) is 0 Å². The summed E-state index contributed by atoms with van der Waals surface area (Å²) in [4.78, 5) is 5.76. The summed E-state index contributed by atoms with van der Waals surface area (Å²) in [6.45, 7) is 0. The third kappa shape index (κ3) is 2.90. The molecule has 4 aromatic rings. The number of fused-ring (bicyclic) bond motifs is 3. The van der Waals surface area contributed by atoms with E-state index in [9.17, 15) is 4.39 Å². The SMILES string of the molecule is CSc1nc2n(n1)[C@H](c1cccs1)C1=C(N2)c2ccccc2O[C@@H]1c1ccccc1F. The van der Waals surface area contributed by atoms with Crippen LogP contribution >= 0.6 is 23.1 Å². The standard InChI is InChI=1S/C23H17FN4OS2/c1-30-23-26-22-25-19-14-8-3-5-10-16(14)29-21(13-7-2-4-9-15(13)24)18(19)20(28(22)27-23)17-11-6-12-31-17/h2-12,20-21H,1H3,(H,25,26,27)/t20-,21-/m1/s1. The molecule has 1 N–H and O–H groups in total. The van der Waals surface area contributed by atoms with Gasteiger partial charge in [0.25, 0.3) is 0 Å². The number of nitrogens with zero attached hydrogens (tertiary/aromatic N) is 3. The van der Waals surface area contributed by atoms with E-state index in [-0.39, 0.29) is 11.9 Å². The Bertz CT molecular complexity index is 1310. The molecule has 154 valence electrons. The topological polar surface area (TPSA) is 52.0 Å². The second-order valence-corrected chi connectivity index (χ2v) is 9.01. The van der Waals surface area contributed by atoms with Crippen LogP contribution in [0.2, 0.25) is 0 Å². The van der Waals surface area contributed by atoms with Crippen molar-refractivity contribution >= 4 is 34.7 Å². The maximum absolute atomic E-state index is 15.0. The maximum atomic E-state index is 15.0. The van der Waals surface area contributed by atoms with Crippen LogP contribution in [0.25, 0.3) is 5.70 Å². The van der Waals surface area contributed by atoms with Crippen LogP contribution in [0.4, 0.5) is 10.3 Å². The molecule has 31 heavy (non-hydrogen) atoms. The predicted octanol–water partition coefficient (Wildman–Crippen LogP) is 5.76. The summed E-state index contributed by atoms with van der Waals surface area (Å²) in [5.74, 6) is 1.09. The van der Waals surface area contributed by atoms with E-state index in [0.717, 1.165) is 21.7 Å². The van der Waals surface area contributed by atoms with Gasteiger partial charge in [0.2, 0.25) is 11.1 Å². The van der Waals surface area contributed by atoms with Crippen LogP contribution in [-0.4, -0.2) is 21.0 Å². The van der Waals surface area contributed by atoms with E-state index in [0.29, 0.717) is 22.4 Å². The maximum Gasteiger partial charge on any atom is 0.227 e. The number of anilines is 1. The Balaban J connectivity index is 1.65. The van der Waals surface area contributed by atoms with Gasteiger partial charge >= 0.3 is 0 Å². The number of hydrogen-bond donors (Lipinski definition) is 1. The lowest BCUT2D eigenvalue weighted by atomic mass is 9.87. The molecule has 2 atom stereocenters. The van der Waals surface area contributed by atoms with Crippen molar-refractivity contribution < 1.29 is 9.13 Å². The van der Waals surface area contributed by atoms with Crippen LogP contribution in [0, 0.1) is 5.82 Å². The number of aromatic nitrogens is 3. The number of hydrogen-bond acceptors (Lipinski definition) is 6. The molecule has 0 aliphatic carbocycles. The van der Waals surface area contributed by atoms with E-state index in [1.165, 1.54) is 17.8 Å². The fourth-order valence-electron chi connectivity index (χ4n) is 4.21. The quantitative estimate of drug-likeness (QED) is 0.404. The number of thioether (sulfide) groups is 1. The molecule has 6 rings (SSSR count). The van der Waals surface area contributed by atoms with Gasteiger partial charge in [-0.15, -0.1) is 16.4 Å². The molecule has 2 aliphatic rings. The van der Waals surface area contributed by atoms with Crippen molar-refractivity contribution in [2.24, 2.45) is 0 Å². The van der Waals surface area contributed by atoms with Crippen molar-refractivity contribution in [2.45, 2.75) is 17.3 Å². The van der Waals surface area contributed by atoms with Gasteiger partial charge in [0.1, 0.15) is 17.6 Å². The number of halogens is 1. The normalized spacial score (nSPS) is 19.2. The van der Waals surface area contributed by atoms with Crippen LogP contribution in [0.5, 0.6) is 5.75 Å². The highest BCUT2D eigenvalue weighted by Crippen LogP contribution is 2.51. The molecule has 0 saturated carbocycles.